The number of amides is 1. The molecule has 0 bridgehead atoms. The first-order chi connectivity index (χ1) is 15.3. The zero-order valence-corrected chi connectivity index (χ0v) is 20.1. The number of fused-ring (bicyclic) bond motifs is 3. The SMILES string of the molecule is CC1CN(S(=O)(=O)N2CCN(C(=O)c3cc4c(s3)-c3ccccc3CC4)CC2)CC(C)O1. The molecule has 9 heteroatoms. The van der Waals surface area contributed by atoms with Gasteiger partial charge in [0.15, 0.2) is 0 Å². The molecule has 5 rings (SSSR count). The molecule has 2 saturated heterocycles. The summed E-state index contributed by atoms with van der Waals surface area (Å²) in [5.74, 6) is 0.00699. The summed E-state index contributed by atoms with van der Waals surface area (Å²) in [4.78, 5) is 17.0. The maximum Gasteiger partial charge on any atom is 0.282 e. The standard InChI is InChI=1S/C23H29N3O4S2/c1-16-14-26(15-17(2)30-16)32(28,29)25-11-9-24(10-12-25)23(27)21-13-19-8-7-18-5-3-4-6-20(18)22(19)31-21/h3-6,13,16-17H,7-12,14-15H2,1-2H3. The fraction of sp³-hybridized carbons (Fsp3) is 0.522. The average Bonchev–Trinajstić information content (AvgIpc) is 3.23. The molecule has 2 fully saturated rings. The second-order valence-electron chi connectivity index (χ2n) is 8.90. The number of ether oxygens (including phenoxy) is 1. The second kappa shape index (κ2) is 8.53. The first kappa shape index (κ1) is 22.0. The Kier molecular flexibility index (Phi) is 5.88. The molecule has 0 radical (unpaired) electrons. The van der Waals surface area contributed by atoms with Gasteiger partial charge < -0.3 is 9.64 Å². The van der Waals surface area contributed by atoms with Crippen molar-refractivity contribution < 1.29 is 17.9 Å². The molecular weight excluding hydrogens is 446 g/mol. The third kappa shape index (κ3) is 4.01. The molecule has 2 aliphatic heterocycles. The predicted molar refractivity (Wildman–Crippen MR) is 125 cm³/mol. The van der Waals surface area contributed by atoms with Gasteiger partial charge in [0.25, 0.3) is 16.1 Å². The van der Waals surface area contributed by atoms with Gasteiger partial charge in [0, 0.05) is 44.1 Å². The molecule has 1 aliphatic carbocycles. The third-order valence-electron chi connectivity index (χ3n) is 6.51. The van der Waals surface area contributed by atoms with Crippen LogP contribution in [0.25, 0.3) is 10.4 Å². The lowest BCUT2D eigenvalue weighted by Crippen LogP contribution is -2.57. The van der Waals surface area contributed by atoms with E-state index in [2.05, 4.69) is 18.2 Å². The molecule has 2 atom stereocenters. The minimum Gasteiger partial charge on any atom is -0.373 e. The highest BCUT2D eigenvalue weighted by Gasteiger charge is 2.37. The van der Waals surface area contributed by atoms with E-state index >= 15 is 0 Å². The van der Waals surface area contributed by atoms with Crippen LogP contribution in [0.15, 0.2) is 30.3 Å². The van der Waals surface area contributed by atoms with Crippen molar-refractivity contribution in [1.29, 1.82) is 0 Å². The summed E-state index contributed by atoms with van der Waals surface area (Å²) in [6.45, 7) is 5.99. The molecule has 0 saturated carbocycles. The number of benzene rings is 1. The molecule has 0 N–H and O–H groups in total. The van der Waals surface area contributed by atoms with E-state index in [0.717, 1.165) is 17.7 Å². The molecule has 3 aliphatic rings. The van der Waals surface area contributed by atoms with Crippen molar-refractivity contribution in [2.45, 2.75) is 38.9 Å². The maximum atomic E-state index is 13.2. The number of carbonyl (C=O) groups is 1. The lowest BCUT2D eigenvalue weighted by atomic mass is 9.91. The first-order valence-electron chi connectivity index (χ1n) is 11.2. The smallest absolute Gasteiger partial charge is 0.282 e. The average molecular weight is 476 g/mol. The van der Waals surface area contributed by atoms with Crippen LogP contribution in [0.4, 0.5) is 0 Å². The van der Waals surface area contributed by atoms with Crippen molar-refractivity contribution in [1.82, 2.24) is 13.5 Å². The Morgan fingerprint density at radius 1 is 0.969 bits per heavy atom. The second-order valence-corrected chi connectivity index (χ2v) is 11.9. The summed E-state index contributed by atoms with van der Waals surface area (Å²) >= 11 is 1.56. The van der Waals surface area contributed by atoms with Gasteiger partial charge >= 0.3 is 0 Å². The van der Waals surface area contributed by atoms with Crippen LogP contribution < -0.4 is 0 Å². The highest BCUT2D eigenvalue weighted by molar-refractivity contribution is 7.86. The van der Waals surface area contributed by atoms with Crippen LogP contribution in [-0.4, -0.2) is 79.3 Å². The van der Waals surface area contributed by atoms with Crippen molar-refractivity contribution >= 4 is 27.5 Å². The van der Waals surface area contributed by atoms with Gasteiger partial charge in [-0.15, -0.1) is 11.3 Å². The molecular formula is C23H29N3O4S2. The molecule has 1 amide bonds. The Bertz CT molecular complexity index is 1110. The number of hydrogen-bond acceptors (Lipinski definition) is 5. The Balaban J connectivity index is 1.26. The Labute approximate surface area is 193 Å². The maximum absolute atomic E-state index is 13.2. The van der Waals surface area contributed by atoms with Crippen LogP contribution in [0.2, 0.25) is 0 Å². The van der Waals surface area contributed by atoms with Crippen LogP contribution >= 0.6 is 11.3 Å². The number of piperazine rings is 1. The van der Waals surface area contributed by atoms with E-state index < -0.39 is 10.2 Å². The summed E-state index contributed by atoms with van der Waals surface area (Å²) in [5, 5.41) is 0. The number of hydrogen-bond donors (Lipinski definition) is 0. The number of rotatable bonds is 3. The molecule has 3 heterocycles. The van der Waals surface area contributed by atoms with E-state index in [1.165, 1.54) is 30.2 Å². The first-order valence-corrected chi connectivity index (χ1v) is 13.4. The summed E-state index contributed by atoms with van der Waals surface area (Å²) in [5.41, 5.74) is 3.82. The normalized spacial score (nSPS) is 24.8. The zero-order chi connectivity index (χ0) is 22.5. The molecule has 1 aromatic heterocycles. The molecule has 32 heavy (non-hydrogen) atoms. The number of aryl methyl sites for hydroxylation is 2. The van der Waals surface area contributed by atoms with E-state index in [1.54, 1.807) is 16.2 Å². The van der Waals surface area contributed by atoms with Crippen LogP contribution in [0.3, 0.4) is 0 Å². The van der Waals surface area contributed by atoms with Gasteiger partial charge in [-0.05, 0) is 49.4 Å². The van der Waals surface area contributed by atoms with Crippen LogP contribution in [0.1, 0.15) is 34.6 Å². The molecule has 172 valence electrons. The fourth-order valence-electron chi connectivity index (χ4n) is 4.94. The van der Waals surface area contributed by atoms with Crippen LogP contribution in [-0.2, 0) is 27.8 Å². The van der Waals surface area contributed by atoms with Gasteiger partial charge in [-0.2, -0.15) is 17.0 Å². The summed E-state index contributed by atoms with van der Waals surface area (Å²) < 4.78 is 35.0. The Hall–Kier alpha value is -1.78. The number of nitrogens with zero attached hydrogens (tertiary/aromatic N) is 3. The van der Waals surface area contributed by atoms with Gasteiger partial charge in [0.1, 0.15) is 0 Å². The Morgan fingerprint density at radius 3 is 2.34 bits per heavy atom. The Morgan fingerprint density at radius 2 is 1.62 bits per heavy atom. The van der Waals surface area contributed by atoms with Gasteiger partial charge in [-0.25, -0.2) is 0 Å². The monoisotopic (exact) mass is 475 g/mol. The highest BCUT2D eigenvalue weighted by atomic mass is 32.2. The largest absolute Gasteiger partial charge is 0.373 e. The van der Waals surface area contributed by atoms with Crippen molar-refractivity contribution in [3.8, 4) is 10.4 Å². The van der Waals surface area contributed by atoms with E-state index in [1.807, 2.05) is 26.0 Å². The van der Waals surface area contributed by atoms with E-state index in [4.69, 9.17) is 4.74 Å². The van der Waals surface area contributed by atoms with E-state index in [-0.39, 0.29) is 18.1 Å². The van der Waals surface area contributed by atoms with Crippen molar-refractivity contribution in [2.24, 2.45) is 0 Å². The lowest BCUT2D eigenvalue weighted by molar-refractivity contribution is -0.0457. The number of carbonyl (C=O) groups excluding carboxylic acids is 1. The molecule has 2 unspecified atom stereocenters. The number of morpholine rings is 1. The topological polar surface area (TPSA) is 70.2 Å². The fourth-order valence-corrected chi connectivity index (χ4v) is 7.92. The lowest BCUT2D eigenvalue weighted by Gasteiger charge is -2.40. The quantitative estimate of drug-likeness (QED) is 0.684. The van der Waals surface area contributed by atoms with Crippen molar-refractivity contribution in [3.63, 3.8) is 0 Å². The van der Waals surface area contributed by atoms with Crippen molar-refractivity contribution in [3.05, 3.63) is 46.3 Å². The molecule has 1 aromatic carbocycles. The molecule has 0 spiro atoms. The van der Waals surface area contributed by atoms with Gasteiger partial charge in [-0.1, -0.05) is 24.3 Å². The van der Waals surface area contributed by atoms with Crippen LogP contribution in [0, 0.1) is 0 Å². The summed E-state index contributed by atoms with van der Waals surface area (Å²) in [6, 6.07) is 10.4. The van der Waals surface area contributed by atoms with E-state index in [9.17, 15) is 13.2 Å². The predicted octanol–water partition coefficient (Wildman–Crippen LogP) is 2.63. The minimum absolute atomic E-state index is 0.00699. The summed E-state index contributed by atoms with van der Waals surface area (Å²) in [6.07, 6.45) is 1.72. The number of thiophene rings is 1. The van der Waals surface area contributed by atoms with Crippen LogP contribution in [0.5, 0.6) is 0 Å². The van der Waals surface area contributed by atoms with Crippen molar-refractivity contribution in [2.75, 3.05) is 39.3 Å². The molecule has 2 aromatic rings. The minimum atomic E-state index is -3.55. The highest BCUT2D eigenvalue weighted by Crippen LogP contribution is 2.39. The third-order valence-corrected chi connectivity index (χ3v) is 9.68. The van der Waals surface area contributed by atoms with Gasteiger partial charge in [0.05, 0.1) is 17.1 Å². The van der Waals surface area contributed by atoms with E-state index in [0.29, 0.717) is 39.3 Å². The molecule has 7 nitrogen and oxygen atoms in total. The zero-order valence-electron chi connectivity index (χ0n) is 18.5. The van der Waals surface area contributed by atoms with Gasteiger partial charge in [-0.3, -0.25) is 4.79 Å². The summed E-state index contributed by atoms with van der Waals surface area (Å²) in [7, 11) is -3.55. The van der Waals surface area contributed by atoms with Gasteiger partial charge in [0.2, 0.25) is 0 Å².